The molecule has 4 atom stereocenters. The number of hydrogen-bond acceptors (Lipinski definition) is 3. The fraction of sp³-hybridized carbons (Fsp3) is 0.647. The summed E-state index contributed by atoms with van der Waals surface area (Å²) in [5.74, 6) is 0.883. The number of nitrogens with two attached hydrogens (primary N) is 1. The van der Waals surface area contributed by atoms with Crippen LogP contribution in [-0.2, 0) is 11.3 Å². The summed E-state index contributed by atoms with van der Waals surface area (Å²) in [5.41, 5.74) is 7.27. The SMILES string of the molecule is CCC(C)[C@@H](N)C(=O)N1C[C@@H]2C[C@H](C1)c1cccc(=O)n1C2.Cl. The first-order valence-corrected chi connectivity index (χ1v) is 8.25. The van der Waals surface area contributed by atoms with Crippen LogP contribution in [0, 0.1) is 11.8 Å². The number of fused-ring (bicyclic) bond motifs is 4. The van der Waals surface area contributed by atoms with Crippen molar-refractivity contribution in [2.24, 2.45) is 17.6 Å². The van der Waals surface area contributed by atoms with Crippen molar-refractivity contribution >= 4 is 18.3 Å². The molecule has 1 aromatic rings. The lowest BCUT2D eigenvalue weighted by Crippen LogP contribution is -2.54. The minimum Gasteiger partial charge on any atom is -0.340 e. The van der Waals surface area contributed by atoms with E-state index in [1.165, 1.54) is 0 Å². The normalized spacial score (nSPS) is 25.1. The molecular formula is C17H26ClN3O2. The van der Waals surface area contributed by atoms with Crippen LogP contribution in [0.3, 0.4) is 0 Å². The second kappa shape index (κ2) is 7.05. The van der Waals surface area contributed by atoms with Crippen molar-refractivity contribution in [3.05, 3.63) is 34.2 Å². The van der Waals surface area contributed by atoms with E-state index in [2.05, 4.69) is 6.92 Å². The van der Waals surface area contributed by atoms with E-state index in [1.807, 2.05) is 28.5 Å². The van der Waals surface area contributed by atoms with Gasteiger partial charge in [-0.05, 0) is 24.3 Å². The van der Waals surface area contributed by atoms with E-state index >= 15 is 0 Å². The van der Waals surface area contributed by atoms with Gasteiger partial charge in [-0.1, -0.05) is 26.3 Å². The molecule has 2 aliphatic heterocycles. The number of likely N-dealkylation sites (tertiary alicyclic amines) is 1. The predicted molar refractivity (Wildman–Crippen MR) is 92.8 cm³/mol. The van der Waals surface area contributed by atoms with Crippen LogP contribution in [0.25, 0.3) is 0 Å². The minimum absolute atomic E-state index is 0. The number of nitrogens with zero attached hydrogens (tertiary/aromatic N) is 2. The summed E-state index contributed by atoms with van der Waals surface area (Å²) in [6, 6.07) is 5.04. The molecule has 2 N–H and O–H groups in total. The van der Waals surface area contributed by atoms with E-state index in [-0.39, 0.29) is 35.7 Å². The summed E-state index contributed by atoms with van der Waals surface area (Å²) in [6.07, 6.45) is 1.97. The van der Waals surface area contributed by atoms with E-state index in [1.54, 1.807) is 6.07 Å². The zero-order valence-electron chi connectivity index (χ0n) is 13.8. The second-order valence-corrected chi connectivity index (χ2v) is 6.85. The summed E-state index contributed by atoms with van der Waals surface area (Å²) in [7, 11) is 0. The number of rotatable bonds is 3. The molecular weight excluding hydrogens is 314 g/mol. The third-order valence-corrected chi connectivity index (χ3v) is 5.33. The first kappa shape index (κ1) is 18.0. The maximum Gasteiger partial charge on any atom is 0.250 e. The lowest BCUT2D eigenvalue weighted by Gasteiger charge is -2.43. The zero-order valence-corrected chi connectivity index (χ0v) is 14.6. The number of piperidine rings is 1. The molecule has 1 unspecified atom stereocenters. The Balaban J connectivity index is 0.00000192. The molecule has 128 valence electrons. The lowest BCUT2D eigenvalue weighted by molar-refractivity contribution is -0.136. The molecule has 0 saturated carbocycles. The molecule has 0 aliphatic carbocycles. The van der Waals surface area contributed by atoms with Gasteiger partial charge in [-0.15, -0.1) is 12.4 Å². The van der Waals surface area contributed by atoms with Gasteiger partial charge in [0.1, 0.15) is 0 Å². The van der Waals surface area contributed by atoms with Gasteiger partial charge in [0.15, 0.2) is 0 Å². The Morgan fingerprint density at radius 1 is 1.35 bits per heavy atom. The summed E-state index contributed by atoms with van der Waals surface area (Å²) >= 11 is 0. The Kier molecular flexibility index (Phi) is 5.53. The molecule has 23 heavy (non-hydrogen) atoms. The first-order chi connectivity index (χ1) is 10.5. The Morgan fingerprint density at radius 3 is 2.78 bits per heavy atom. The van der Waals surface area contributed by atoms with Crippen molar-refractivity contribution in [1.29, 1.82) is 0 Å². The molecule has 1 saturated heterocycles. The van der Waals surface area contributed by atoms with Crippen molar-refractivity contribution < 1.29 is 4.79 Å². The fourth-order valence-corrected chi connectivity index (χ4v) is 3.78. The monoisotopic (exact) mass is 339 g/mol. The maximum atomic E-state index is 12.6. The molecule has 0 radical (unpaired) electrons. The molecule has 5 nitrogen and oxygen atoms in total. The van der Waals surface area contributed by atoms with Crippen LogP contribution in [0.15, 0.2) is 23.0 Å². The topological polar surface area (TPSA) is 68.3 Å². The molecule has 3 heterocycles. The van der Waals surface area contributed by atoms with Gasteiger partial charge in [0.25, 0.3) is 5.56 Å². The molecule has 1 amide bonds. The predicted octanol–water partition coefficient (Wildman–Crippen LogP) is 1.59. The van der Waals surface area contributed by atoms with Crippen molar-refractivity contribution in [2.45, 2.75) is 45.2 Å². The van der Waals surface area contributed by atoms with Gasteiger partial charge < -0.3 is 15.2 Å². The molecule has 6 heteroatoms. The van der Waals surface area contributed by atoms with Crippen LogP contribution < -0.4 is 11.3 Å². The average Bonchev–Trinajstić information content (AvgIpc) is 2.53. The van der Waals surface area contributed by atoms with E-state index in [4.69, 9.17) is 5.73 Å². The molecule has 0 aromatic carbocycles. The summed E-state index contributed by atoms with van der Waals surface area (Å²) in [5, 5.41) is 0. The highest BCUT2D eigenvalue weighted by Gasteiger charge is 2.37. The van der Waals surface area contributed by atoms with Crippen molar-refractivity contribution in [3.63, 3.8) is 0 Å². The summed E-state index contributed by atoms with van der Waals surface area (Å²) in [6.45, 7) is 6.21. The number of aromatic nitrogens is 1. The van der Waals surface area contributed by atoms with Crippen LogP contribution in [0.1, 0.15) is 38.3 Å². The number of halogens is 1. The van der Waals surface area contributed by atoms with E-state index in [0.29, 0.717) is 19.0 Å². The molecule has 1 aromatic heterocycles. The van der Waals surface area contributed by atoms with Crippen LogP contribution >= 0.6 is 12.4 Å². The molecule has 0 spiro atoms. The third-order valence-electron chi connectivity index (χ3n) is 5.33. The Labute approximate surface area is 143 Å². The Bertz CT molecular complexity index is 631. The number of carbonyl (C=O) groups excluding carboxylic acids is 1. The third kappa shape index (κ3) is 3.31. The largest absolute Gasteiger partial charge is 0.340 e. The number of hydrogen-bond donors (Lipinski definition) is 1. The fourth-order valence-electron chi connectivity index (χ4n) is 3.78. The van der Waals surface area contributed by atoms with Crippen molar-refractivity contribution in [2.75, 3.05) is 13.1 Å². The van der Waals surface area contributed by atoms with Crippen LogP contribution in [0.2, 0.25) is 0 Å². The number of amides is 1. The minimum atomic E-state index is -0.415. The highest BCUT2D eigenvalue weighted by Crippen LogP contribution is 2.35. The van der Waals surface area contributed by atoms with Gasteiger partial charge in [-0.25, -0.2) is 0 Å². The summed E-state index contributed by atoms with van der Waals surface area (Å²) in [4.78, 5) is 26.6. The van der Waals surface area contributed by atoms with Gasteiger partial charge in [0.2, 0.25) is 5.91 Å². The van der Waals surface area contributed by atoms with E-state index < -0.39 is 6.04 Å². The van der Waals surface area contributed by atoms with Crippen molar-refractivity contribution in [1.82, 2.24) is 9.47 Å². The molecule has 3 rings (SSSR count). The quantitative estimate of drug-likeness (QED) is 0.909. The maximum absolute atomic E-state index is 12.6. The van der Waals surface area contributed by atoms with Crippen LogP contribution in [-0.4, -0.2) is 34.5 Å². The molecule has 1 fully saturated rings. The lowest BCUT2D eigenvalue weighted by atomic mass is 9.82. The van der Waals surface area contributed by atoms with Gasteiger partial charge >= 0.3 is 0 Å². The highest BCUT2D eigenvalue weighted by molar-refractivity contribution is 5.85. The Morgan fingerprint density at radius 2 is 2.09 bits per heavy atom. The second-order valence-electron chi connectivity index (χ2n) is 6.85. The average molecular weight is 340 g/mol. The van der Waals surface area contributed by atoms with Gasteiger partial charge in [-0.3, -0.25) is 9.59 Å². The summed E-state index contributed by atoms with van der Waals surface area (Å²) < 4.78 is 1.88. The number of carbonyl (C=O) groups is 1. The molecule has 2 bridgehead atoms. The molecule has 2 aliphatic rings. The van der Waals surface area contributed by atoms with Crippen LogP contribution in [0.4, 0.5) is 0 Å². The van der Waals surface area contributed by atoms with Crippen molar-refractivity contribution in [3.8, 4) is 0 Å². The van der Waals surface area contributed by atoms with E-state index in [9.17, 15) is 9.59 Å². The first-order valence-electron chi connectivity index (χ1n) is 8.25. The number of pyridine rings is 1. The van der Waals surface area contributed by atoms with Gasteiger partial charge in [0, 0.05) is 37.3 Å². The van der Waals surface area contributed by atoms with Gasteiger partial charge in [-0.2, -0.15) is 0 Å². The zero-order chi connectivity index (χ0) is 15.9. The standard InChI is InChI=1S/C17H25N3O2.ClH/c1-3-11(2)16(18)17(22)19-8-12-7-13(10-19)14-5-4-6-15(21)20(14)9-12;/h4-6,11-13,16H,3,7-10,18H2,1-2H3;1H/t11?,12-,13+,16+;/m0./s1. The van der Waals surface area contributed by atoms with Gasteiger partial charge in [0.05, 0.1) is 6.04 Å². The Hall–Kier alpha value is -1.33. The smallest absolute Gasteiger partial charge is 0.250 e. The van der Waals surface area contributed by atoms with E-state index in [0.717, 1.165) is 25.1 Å². The highest BCUT2D eigenvalue weighted by atomic mass is 35.5. The van der Waals surface area contributed by atoms with Crippen LogP contribution in [0.5, 0.6) is 0 Å².